The molecule has 9 nitrogen and oxygen atoms in total. The van der Waals surface area contributed by atoms with Crippen LogP contribution in [0.25, 0.3) is 0 Å². The third-order valence-electron chi connectivity index (χ3n) is 5.29. The fourth-order valence-corrected chi connectivity index (χ4v) is 3.45. The molecule has 0 spiro atoms. The molecule has 0 unspecified atom stereocenters. The molecule has 0 aliphatic rings. The smallest absolute Gasteiger partial charge is 0.323 e. The molecule has 3 aromatic carbocycles. The van der Waals surface area contributed by atoms with E-state index in [2.05, 4.69) is 16.0 Å². The van der Waals surface area contributed by atoms with E-state index < -0.39 is 18.0 Å². The molecule has 3 amide bonds. The number of benzene rings is 3. The minimum atomic E-state index is -0.974. The first-order chi connectivity index (χ1) is 16.7. The number of hydrogen-bond donors (Lipinski definition) is 5. The summed E-state index contributed by atoms with van der Waals surface area (Å²) >= 11 is 0. The summed E-state index contributed by atoms with van der Waals surface area (Å²) < 4.78 is 5.40. The van der Waals surface area contributed by atoms with E-state index in [4.69, 9.17) is 15.6 Å². The number of anilines is 3. The monoisotopic (exact) mass is 476 g/mol. The van der Waals surface area contributed by atoms with Crippen LogP contribution >= 0.6 is 0 Å². The average Bonchev–Trinajstić information content (AvgIpc) is 2.81. The van der Waals surface area contributed by atoms with Crippen molar-refractivity contribution in [2.75, 3.05) is 23.1 Å². The summed E-state index contributed by atoms with van der Waals surface area (Å²) in [5, 5.41) is 17.2. The molecular weight excluding hydrogens is 448 g/mol. The molecular formula is C26H28N4O5. The summed E-state index contributed by atoms with van der Waals surface area (Å²) in [5.74, 6) is -0.793. The molecule has 35 heavy (non-hydrogen) atoms. The first kappa shape index (κ1) is 25.3. The Labute approximate surface area is 203 Å². The highest BCUT2D eigenvalue weighted by Crippen LogP contribution is 2.26. The van der Waals surface area contributed by atoms with E-state index in [1.54, 1.807) is 42.5 Å². The largest absolute Gasteiger partial charge is 0.495 e. The van der Waals surface area contributed by atoms with Crippen LogP contribution in [0.4, 0.5) is 21.9 Å². The highest BCUT2D eigenvalue weighted by molar-refractivity contribution is 6.01. The fraction of sp³-hybridized carbons (Fsp3) is 0.192. The van der Waals surface area contributed by atoms with Gasteiger partial charge in [0.05, 0.1) is 25.6 Å². The maximum Gasteiger partial charge on any atom is 0.323 e. The zero-order valence-electron chi connectivity index (χ0n) is 19.5. The molecule has 9 heteroatoms. The molecule has 3 rings (SSSR count). The molecule has 0 aliphatic carbocycles. The normalized spacial score (nSPS) is 11.3. The second-order valence-electron chi connectivity index (χ2n) is 7.98. The summed E-state index contributed by atoms with van der Waals surface area (Å²) in [6.45, 7) is 1.90. The molecule has 0 saturated carbocycles. The van der Waals surface area contributed by atoms with Gasteiger partial charge in [0, 0.05) is 17.4 Å². The second-order valence-corrected chi connectivity index (χ2v) is 7.98. The molecule has 0 bridgehead atoms. The van der Waals surface area contributed by atoms with Crippen LogP contribution < -0.4 is 26.4 Å². The highest BCUT2D eigenvalue weighted by Gasteiger charge is 2.13. The maximum absolute atomic E-state index is 12.5. The Morgan fingerprint density at radius 2 is 1.63 bits per heavy atom. The van der Waals surface area contributed by atoms with Crippen molar-refractivity contribution in [1.82, 2.24) is 0 Å². The Kier molecular flexibility index (Phi) is 8.42. The van der Waals surface area contributed by atoms with Crippen LogP contribution in [0.5, 0.6) is 5.75 Å². The summed E-state index contributed by atoms with van der Waals surface area (Å²) in [6, 6.07) is 18.3. The number of methoxy groups -OCH3 is 1. The number of ether oxygens (including phenoxy) is 1. The Hall–Kier alpha value is -4.37. The van der Waals surface area contributed by atoms with Crippen molar-refractivity contribution in [2.24, 2.45) is 5.73 Å². The lowest BCUT2D eigenvalue weighted by Crippen LogP contribution is -2.20. The van der Waals surface area contributed by atoms with Gasteiger partial charge < -0.3 is 31.5 Å². The number of rotatable bonds is 9. The van der Waals surface area contributed by atoms with Gasteiger partial charge in [-0.2, -0.15) is 0 Å². The Morgan fingerprint density at radius 3 is 2.29 bits per heavy atom. The standard InChI is InChI=1S/C26H28N4O5/c1-16-5-3-4-6-21(16)29-26(34)30-22-12-7-17(13-23(22)35-2)14-24(31)28-19-10-8-18(9-11-19)20(27)15-25(32)33/h3-13,20H,14-15,27H2,1-2H3,(H,28,31)(H,32,33)(H2,29,30,34)/t20-/m1/s1. The molecule has 6 N–H and O–H groups in total. The Bertz CT molecular complexity index is 1210. The van der Waals surface area contributed by atoms with Crippen molar-refractivity contribution in [1.29, 1.82) is 0 Å². The van der Waals surface area contributed by atoms with Crippen LogP contribution in [-0.2, 0) is 16.0 Å². The number of carboxylic acids is 1. The van der Waals surface area contributed by atoms with Gasteiger partial charge in [0.25, 0.3) is 0 Å². The van der Waals surface area contributed by atoms with Gasteiger partial charge in [-0.3, -0.25) is 9.59 Å². The van der Waals surface area contributed by atoms with Crippen molar-refractivity contribution in [3.05, 3.63) is 83.4 Å². The minimum absolute atomic E-state index is 0.0896. The molecule has 0 saturated heterocycles. The van der Waals surface area contributed by atoms with Crippen molar-refractivity contribution >= 4 is 35.0 Å². The molecule has 0 aromatic heterocycles. The zero-order chi connectivity index (χ0) is 25.4. The summed E-state index contributed by atoms with van der Waals surface area (Å²) in [5.41, 5.74) is 9.90. The van der Waals surface area contributed by atoms with E-state index in [-0.39, 0.29) is 18.7 Å². The predicted octanol–water partition coefficient (Wildman–Crippen LogP) is 4.30. The van der Waals surface area contributed by atoms with Crippen LogP contribution in [-0.4, -0.2) is 30.1 Å². The number of nitrogens with two attached hydrogens (primary N) is 1. The van der Waals surface area contributed by atoms with Gasteiger partial charge in [-0.05, 0) is 53.9 Å². The van der Waals surface area contributed by atoms with E-state index in [9.17, 15) is 14.4 Å². The maximum atomic E-state index is 12.5. The predicted molar refractivity (Wildman–Crippen MR) is 135 cm³/mol. The topological polar surface area (TPSA) is 143 Å². The molecule has 0 aliphatic heterocycles. The molecule has 1 atom stereocenters. The number of nitrogens with one attached hydrogen (secondary N) is 3. The quantitative estimate of drug-likeness (QED) is 0.312. The van der Waals surface area contributed by atoms with Gasteiger partial charge in [-0.1, -0.05) is 36.4 Å². The van der Waals surface area contributed by atoms with Crippen LogP contribution in [0, 0.1) is 6.92 Å². The first-order valence-electron chi connectivity index (χ1n) is 10.9. The van der Waals surface area contributed by atoms with Gasteiger partial charge in [-0.25, -0.2) is 4.79 Å². The van der Waals surface area contributed by atoms with Crippen LogP contribution in [0.1, 0.15) is 29.2 Å². The number of carbonyl (C=O) groups excluding carboxylic acids is 2. The van der Waals surface area contributed by atoms with Gasteiger partial charge in [0.15, 0.2) is 0 Å². The van der Waals surface area contributed by atoms with Crippen molar-refractivity contribution in [2.45, 2.75) is 25.8 Å². The van der Waals surface area contributed by atoms with E-state index >= 15 is 0 Å². The number of carbonyl (C=O) groups is 3. The van der Waals surface area contributed by atoms with Gasteiger partial charge >= 0.3 is 12.0 Å². The van der Waals surface area contributed by atoms with E-state index in [0.717, 1.165) is 5.56 Å². The zero-order valence-corrected chi connectivity index (χ0v) is 19.5. The molecule has 0 fully saturated rings. The van der Waals surface area contributed by atoms with Gasteiger partial charge in [0.1, 0.15) is 5.75 Å². The lowest BCUT2D eigenvalue weighted by Gasteiger charge is -2.14. The third kappa shape index (κ3) is 7.31. The van der Waals surface area contributed by atoms with Crippen LogP contribution in [0.3, 0.4) is 0 Å². The van der Waals surface area contributed by atoms with E-state index in [1.165, 1.54) is 7.11 Å². The van der Waals surface area contributed by atoms with Crippen LogP contribution in [0.15, 0.2) is 66.7 Å². The Balaban J connectivity index is 1.59. The number of para-hydroxylation sites is 1. The molecule has 0 heterocycles. The van der Waals surface area contributed by atoms with Crippen molar-refractivity contribution < 1.29 is 24.2 Å². The summed E-state index contributed by atoms with van der Waals surface area (Å²) in [7, 11) is 1.49. The SMILES string of the molecule is COc1cc(CC(=O)Nc2ccc([C@H](N)CC(=O)O)cc2)ccc1NC(=O)Nc1ccccc1C. The number of aliphatic carboxylic acids is 1. The molecule has 182 valence electrons. The summed E-state index contributed by atoms with van der Waals surface area (Å²) in [6.07, 6.45) is -0.0850. The van der Waals surface area contributed by atoms with Crippen molar-refractivity contribution in [3.63, 3.8) is 0 Å². The number of carboxylic acid groups (broad SMARTS) is 1. The van der Waals surface area contributed by atoms with Crippen molar-refractivity contribution in [3.8, 4) is 5.75 Å². The number of urea groups is 1. The lowest BCUT2D eigenvalue weighted by molar-refractivity contribution is -0.137. The second kappa shape index (κ2) is 11.7. The van der Waals surface area contributed by atoms with E-state index in [1.807, 2.05) is 31.2 Å². The number of amides is 3. The Morgan fingerprint density at radius 1 is 0.943 bits per heavy atom. The van der Waals surface area contributed by atoms with Crippen LogP contribution in [0.2, 0.25) is 0 Å². The first-order valence-corrected chi connectivity index (χ1v) is 10.9. The molecule has 3 aromatic rings. The van der Waals surface area contributed by atoms with E-state index in [0.29, 0.717) is 33.9 Å². The highest BCUT2D eigenvalue weighted by atomic mass is 16.5. The van der Waals surface area contributed by atoms with Gasteiger partial charge in [0.2, 0.25) is 5.91 Å². The summed E-state index contributed by atoms with van der Waals surface area (Å²) in [4.78, 5) is 35.7. The average molecular weight is 477 g/mol. The molecule has 0 radical (unpaired) electrons. The number of hydrogen-bond acceptors (Lipinski definition) is 5. The fourth-order valence-electron chi connectivity index (χ4n) is 3.45. The minimum Gasteiger partial charge on any atom is -0.495 e. The van der Waals surface area contributed by atoms with Gasteiger partial charge in [-0.15, -0.1) is 0 Å². The lowest BCUT2D eigenvalue weighted by atomic mass is 10.0. The third-order valence-corrected chi connectivity index (χ3v) is 5.29. The number of aryl methyl sites for hydroxylation is 1.